The Bertz CT molecular complexity index is 717. The number of rotatable bonds is 4. The zero-order chi connectivity index (χ0) is 17.4. The van der Waals surface area contributed by atoms with Crippen molar-refractivity contribution in [3.8, 4) is 0 Å². The average molecular weight is 342 g/mol. The summed E-state index contributed by atoms with van der Waals surface area (Å²) in [5.41, 5.74) is 1.23. The standard InChI is InChI=1S/C19H22N2O4/c22-17-10-21(16-4-2-1-3-15(16)20-17)18(23)11-25-19(24)9-14-8-12-5-6-13(14)7-12/h1-4,12-14H,5-11H2,(H,20,22)/t12-,13+,14+/m0/s1. The van der Waals surface area contributed by atoms with E-state index >= 15 is 0 Å². The van der Waals surface area contributed by atoms with Gasteiger partial charge in [-0.15, -0.1) is 0 Å². The molecule has 6 nitrogen and oxygen atoms in total. The lowest BCUT2D eigenvalue weighted by molar-refractivity contribution is -0.149. The number of amides is 2. The Morgan fingerprint density at radius 3 is 2.80 bits per heavy atom. The van der Waals surface area contributed by atoms with Gasteiger partial charge in [0.15, 0.2) is 6.61 Å². The number of esters is 1. The topological polar surface area (TPSA) is 75.7 Å². The fourth-order valence-electron chi connectivity index (χ4n) is 4.58. The summed E-state index contributed by atoms with van der Waals surface area (Å²) in [4.78, 5) is 37.7. The van der Waals surface area contributed by atoms with Crippen LogP contribution >= 0.6 is 0 Å². The summed E-state index contributed by atoms with van der Waals surface area (Å²) in [6.45, 7) is -0.374. The Morgan fingerprint density at radius 1 is 1.20 bits per heavy atom. The number of nitrogens with zero attached hydrogens (tertiary/aromatic N) is 1. The smallest absolute Gasteiger partial charge is 0.306 e. The van der Waals surface area contributed by atoms with E-state index in [9.17, 15) is 14.4 Å². The highest BCUT2D eigenvalue weighted by Gasteiger charge is 2.40. The quantitative estimate of drug-likeness (QED) is 0.852. The van der Waals surface area contributed by atoms with E-state index in [-0.39, 0.29) is 30.9 Å². The van der Waals surface area contributed by atoms with E-state index in [0.29, 0.717) is 29.6 Å². The lowest BCUT2D eigenvalue weighted by atomic mass is 9.86. The molecule has 25 heavy (non-hydrogen) atoms. The van der Waals surface area contributed by atoms with Gasteiger partial charge in [-0.05, 0) is 49.1 Å². The first-order chi connectivity index (χ1) is 12.1. The van der Waals surface area contributed by atoms with Gasteiger partial charge >= 0.3 is 5.97 Å². The first-order valence-electron chi connectivity index (χ1n) is 8.95. The van der Waals surface area contributed by atoms with E-state index in [1.807, 2.05) is 0 Å². The third kappa shape index (κ3) is 3.25. The Hall–Kier alpha value is -2.37. The van der Waals surface area contributed by atoms with Crippen molar-refractivity contribution in [2.45, 2.75) is 32.1 Å². The van der Waals surface area contributed by atoms with Crippen LogP contribution in [0.15, 0.2) is 24.3 Å². The normalized spacial score (nSPS) is 27.0. The van der Waals surface area contributed by atoms with Crippen LogP contribution in [0.2, 0.25) is 0 Å². The number of carbonyl (C=O) groups excluding carboxylic acids is 3. The van der Waals surface area contributed by atoms with Crippen LogP contribution in [0.25, 0.3) is 0 Å². The van der Waals surface area contributed by atoms with Gasteiger partial charge in [-0.25, -0.2) is 0 Å². The fraction of sp³-hybridized carbons (Fsp3) is 0.526. The predicted octanol–water partition coefficient (Wildman–Crippen LogP) is 2.34. The first kappa shape index (κ1) is 16.1. The van der Waals surface area contributed by atoms with Gasteiger partial charge in [0.25, 0.3) is 5.91 Å². The van der Waals surface area contributed by atoms with Crippen molar-refractivity contribution in [1.82, 2.24) is 0 Å². The fourth-order valence-corrected chi connectivity index (χ4v) is 4.58. The van der Waals surface area contributed by atoms with Crippen LogP contribution in [0.4, 0.5) is 11.4 Å². The van der Waals surface area contributed by atoms with Gasteiger partial charge in [0, 0.05) is 6.42 Å². The number of ether oxygens (including phenoxy) is 1. The molecule has 2 saturated carbocycles. The molecule has 132 valence electrons. The summed E-state index contributed by atoms with van der Waals surface area (Å²) in [7, 11) is 0. The van der Waals surface area contributed by atoms with Gasteiger partial charge < -0.3 is 10.1 Å². The Balaban J connectivity index is 1.33. The van der Waals surface area contributed by atoms with Crippen LogP contribution in [-0.2, 0) is 19.1 Å². The molecular formula is C19H22N2O4. The lowest BCUT2D eigenvalue weighted by Gasteiger charge is -2.29. The van der Waals surface area contributed by atoms with Crippen molar-refractivity contribution in [3.63, 3.8) is 0 Å². The summed E-state index contributed by atoms with van der Waals surface area (Å²) < 4.78 is 5.22. The molecule has 1 aromatic carbocycles. The molecule has 0 saturated heterocycles. The minimum Gasteiger partial charge on any atom is -0.456 e. The summed E-state index contributed by atoms with van der Waals surface area (Å²) in [5, 5.41) is 2.73. The summed E-state index contributed by atoms with van der Waals surface area (Å²) in [6, 6.07) is 7.11. The number of hydrogen-bond acceptors (Lipinski definition) is 4. The molecule has 1 aromatic rings. The molecule has 1 heterocycles. The molecule has 1 N–H and O–H groups in total. The molecule has 2 fully saturated rings. The molecule has 0 aromatic heterocycles. The molecule has 6 heteroatoms. The number of fused-ring (bicyclic) bond motifs is 3. The molecule has 2 amide bonds. The maximum Gasteiger partial charge on any atom is 0.306 e. The summed E-state index contributed by atoms with van der Waals surface area (Å²) in [6.07, 6.45) is 5.29. The van der Waals surface area contributed by atoms with Gasteiger partial charge in [-0.2, -0.15) is 0 Å². The summed E-state index contributed by atoms with van der Waals surface area (Å²) >= 11 is 0. The molecule has 0 unspecified atom stereocenters. The van der Waals surface area contributed by atoms with E-state index in [1.165, 1.54) is 24.2 Å². The van der Waals surface area contributed by atoms with E-state index in [2.05, 4.69) is 5.32 Å². The molecule has 1 aliphatic heterocycles. The van der Waals surface area contributed by atoms with Crippen LogP contribution in [0, 0.1) is 17.8 Å². The molecule has 2 aliphatic carbocycles. The molecule has 3 aliphatic rings. The molecule has 2 bridgehead atoms. The third-order valence-corrected chi connectivity index (χ3v) is 5.74. The van der Waals surface area contributed by atoms with Crippen LogP contribution in [0.5, 0.6) is 0 Å². The highest BCUT2D eigenvalue weighted by molar-refractivity contribution is 6.10. The van der Waals surface area contributed by atoms with Crippen molar-refractivity contribution < 1.29 is 19.1 Å². The van der Waals surface area contributed by atoms with Crippen LogP contribution in [0.1, 0.15) is 32.1 Å². The number of benzene rings is 1. The maximum atomic E-state index is 12.4. The number of hydrogen-bond donors (Lipinski definition) is 1. The SMILES string of the molecule is O=C1CN(C(=O)COC(=O)C[C@H]2C[C@H]3CC[C@@H]2C3)c2ccccc2N1. The minimum atomic E-state index is -0.372. The van der Waals surface area contributed by atoms with E-state index in [4.69, 9.17) is 4.74 Å². The highest BCUT2D eigenvalue weighted by atomic mass is 16.5. The third-order valence-electron chi connectivity index (χ3n) is 5.74. The molecule has 0 radical (unpaired) electrons. The Kier molecular flexibility index (Phi) is 4.19. The van der Waals surface area contributed by atoms with Crippen molar-refractivity contribution in [2.24, 2.45) is 17.8 Å². The van der Waals surface area contributed by atoms with Crippen molar-refractivity contribution in [2.75, 3.05) is 23.4 Å². The number of carbonyl (C=O) groups is 3. The van der Waals surface area contributed by atoms with Gasteiger partial charge in [-0.3, -0.25) is 19.3 Å². The highest BCUT2D eigenvalue weighted by Crippen LogP contribution is 2.49. The van der Waals surface area contributed by atoms with Gasteiger partial charge in [-0.1, -0.05) is 18.6 Å². The number of anilines is 2. The maximum absolute atomic E-state index is 12.4. The van der Waals surface area contributed by atoms with Crippen molar-refractivity contribution in [1.29, 1.82) is 0 Å². The van der Waals surface area contributed by atoms with Crippen molar-refractivity contribution >= 4 is 29.2 Å². The van der Waals surface area contributed by atoms with Crippen LogP contribution in [-0.4, -0.2) is 30.9 Å². The second kappa shape index (κ2) is 6.50. The monoisotopic (exact) mass is 342 g/mol. The zero-order valence-electron chi connectivity index (χ0n) is 14.1. The van der Waals surface area contributed by atoms with Gasteiger partial charge in [0.2, 0.25) is 5.91 Å². The molecule has 4 rings (SSSR count). The van der Waals surface area contributed by atoms with E-state index in [1.54, 1.807) is 24.3 Å². The van der Waals surface area contributed by atoms with E-state index in [0.717, 1.165) is 12.3 Å². The molecule has 3 atom stereocenters. The van der Waals surface area contributed by atoms with Gasteiger partial charge in [0.1, 0.15) is 6.54 Å². The molecule has 0 spiro atoms. The second-order valence-electron chi connectivity index (χ2n) is 7.34. The predicted molar refractivity (Wildman–Crippen MR) is 91.9 cm³/mol. The van der Waals surface area contributed by atoms with Crippen LogP contribution < -0.4 is 10.2 Å². The van der Waals surface area contributed by atoms with Crippen molar-refractivity contribution in [3.05, 3.63) is 24.3 Å². The van der Waals surface area contributed by atoms with E-state index < -0.39 is 0 Å². The minimum absolute atomic E-state index is 0.0558. The Morgan fingerprint density at radius 2 is 2.04 bits per heavy atom. The Labute approximate surface area is 146 Å². The summed E-state index contributed by atoms with van der Waals surface area (Å²) in [5.74, 6) is 0.936. The largest absolute Gasteiger partial charge is 0.456 e. The molecular weight excluding hydrogens is 320 g/mol. The van der Waals surface area contributed by atoms with Gasteiger partial charge in [0.05, 0.1) is 11.4 Å². The van der Waals surface area contributed by atoms with Crippen LogP contribution in [0.3, 0.4) is 0 Å². The first-order valence-corrected chi connectivity index (χ1v) is 8.95. The second-order valence-corrected chi connectivity index (χ2v) is 7.34. The number of para-hydroxylation sites is 2. The zero-order valence-corrected chi connectivity index (χ0v) is 14.1. The lowest BCUT2D eigenvalue weighted by Crippen LogP contribution is -2.44. The number of nitrogens with one attached hydrogen (secondary N) is 1. The average Bonchev–Trinajstić information content (AvgIpc) is 3.21.